The Hall–Kier alpha value is -3.36. The Kier molecular flexibility index (Phi) is 5.51. The molecule has 0 saturated heterocycles. The summed E-state index contributed by atoms with van der Waals surface area (Å²) in [6.45, 7) is 0.153. The molecule has 4 aromatic carbocycles. The number of anilines is 3. The van der Waals surface area contributed by atoms with Gasteiger partial charge < -0.3 is 10.0 Å². The Morgan fingerprint density at radius 2 is 1.11 bits per heavy atom. The van der Waals surface area contributed by atoms with Crippen LogP contribution in [0.5, 0.6) is 0 Å². The molecule has 2 heteroatoms. The highest BCUT2D eigenvalue weighted by Crippen LogP contribution is 2.35. The van der Waals surface area contributed by atoms with Crippen LogP contribution in [0.2, 0.25) is 0 Å². The van der Waals surface area contributed by atoms with Crippen LogP contribution in [-0.2, 0) is 6.42 Å². The molecule has 0 bridgehead atoms. The quantitative estimate of drug-likeness (QED) is 0.430. The molecule has 0 atom stereocenters. The molecule has 4 rings (SSSR count). The van der Waals surface area contributed by atoms with E-state index in [0.29, 0.717) is 6.42 Å². The molecular formula is C26H23NO. The van der Waals surface area contributed by atoms with Gasteiger partial charge in [-0.2, -0.15) is 0 Å². The van der Waals surface area contributed by atoms with Gasteiger partial charge in [0, 0.05) is 23.7 Å². The molecule has 0 unspecified atom stereocenters. The van der Waals surface area contributed by atoms with Gasteiger partial charge in [-0.25, -0.2) is 0 Å². The molecule has 0 fully saturated rings. The van der Waals surface area contributed by atoms with Gasteiger partial charge in [0.1, 0.15) is 0 Å². The molecule has 0 aromatic heterocycles. The van der Waals surface area contributed by atoms with Crippen LogP contribution in [0.1, 0.15) is 5.56 Å². The van der Waals surface area contributed by atoms with E-state index in [1.807, 2.05) is 12.1 Å². The summed E-state index contributed by atoms with van der Waals surface area (Å²) in [6.07, 6.45) is 0.656. The third-order valence-corrected chi connectivity index (χ3v) is 4.82. The number of rotatable bonds is 6. The van der Waals surface area contributed by atoms with Crippen molar-refractivity contribution in [1.29, 1.82) is 0 Å². The van der Waals surface area contributed by atoms with Crippen LogP contribution in [0.25, 0.3) is 11.1 Å². The van der Waals surface area contributed by atoms with Crippen LogP contribution in [0.4, 0.5) is 17.1 Å². The fourth-order valence-corrected chi connectivity index (χ4v) is 3.44. The van der Waals surface area contributed by atoms with E-state index in [0.717, 1.165) is 22.6 Å². The third-order valence-electron chi connectivity index (χ3n) is 4.82. The Morgan fingerprint density at radius 1 is 0.536 bits per heavy atom. The molecule has 4 aromatic rings. The highest BCUT2D eigenvalue weighted by atomic mass is 16.2. The minimum Gasteiger partial charge on any atom is -0.396 e. The molecule has 0 aliphatic carbocycles. The first-order chi connectivity index (χ1) is 13.8. The van der Waals surface area contributed by atoms with Gasteiger partial charge >= 0.3 is 0 Å². The minimum absolute atomic E-state index is 0.153. The van der Waals surface area contributed by atoms with E-state index in [-0.39, 0.29) is 6.61 Å². The summed E-state index contributed by atoms with van der Waals surface area (Å²) in [5.41, 5.74) is 6.84. The maximum absolute atomic E-state index is 9.31. The van der Waals surface area contributed by atoms with Crippen LogP contribution < -0.4 is 4.90 Å². The monoisotopic (exact) mass is 365 g/mol. The van der Waals surface area contributed by atoms with Crippen LogP contribution in [0.3, 0.4) is 0 Å². The van der Waals surface area contributed by atoms with Crippen LogP contribution >= 0.6 is 0 Å². The molecule has 138 valence electrons. The molecule has 2 nitrogen and oxygen atoms in total. The Morgan fingerprint density at radius 3 is 1.79 bits per heavy atom. The predicted molar refractivity (Wildman–Crippen MR) is 117 cm³/mol. The van der Waals surface area contributed by atoms with Crippen molar-refractivity contribution in [2.75, 3.05) is 11.5 Å². The summed E-state index contributed by atoms with van der Waals surface area (Å²) in [5, 5.41) is 9.31. The van der Waals surface area contributed by atoms with Crippen LogP contribution in [-0.4, -0.2) is 11.7 Å². The number of aliphatic hydroxyl groups excluding tert-OH is 1. The first kappa shape index (κ1) is 18.0. The average molecular weight is 365 g/mol. The number of hydrogen-bond acceptors (Lipinski definition) is 2. The smallest absolute Gasteiger partial charge is 0.0471 e. The van der Waals surface area contributed by atoms with Crippen molar-refractivity contribution in [1.82, 2.24) is 0 Å². The molecule has 0 aliphatic heterocycles. The van der Waals surface area contributed by atoms with E-state index < -0.39 is 0 Å². The first-order valence-electron chi connectivity index (χ1n) is 9.55. The van der Waals surface area contributed by atoms with Crippen molar-refractivity contribution < 1.29 is 5.11 Å². The second kappa shape index (κ2) is 8.55. The fourth-order valence-electron chi connectivity index (χ4n) is 3.44. The van der Waals surface area contributed by atoms with Crippen molar-refractivity contribution in [3.8, 4) is 11.1 Å². The van der Waals surface area contributed by atoms with Gasteiger partial charge in [0.05, 0.1) is 0 Å². The fraction of sp³-hybridized carbons (Fsp3) is 0.0769. The molecule has 1 N–H and O–H groups in total. The second-order valence-corrected chi connectivity index (χ2v) is 6.73. The lowest BCUT2D eigenvalue weighted by Crippen LogP contribution is -2.10. The van der Waals surface area contributed by atoms with Gasteiger partial charge in [-0.05, 0) is 59.5 Å². The van der Waals surface area contributed by atoms with E-state index in [9.17, 15) is 5.11 Å². The normalized spacial score (nSPS) is 10.6. The van der Waals surface area contributed by atoms with Crippen molar-refractivity contribution in [2.45, 2.75) is 6.42 Å². The first-order valence-corrected chi connectivity index (χ1v) is 9.55. The summed E-state index contributed by atoms with van der Waals surface area (Å²) in [7, 11) is 0. The van der Waals surface area contributed by atoms with Gasteiger partial charge in [0.2, 0.25) is 0 Å². The second-order valence-electron chi connectivity index (χ2n) is 6.73. The largest absolute Gasteiger partial charge is 0.396 e. The molecule has 0 amide bonds. The molecular weight excluding hydrogens is 342 g/mol. The molecule has 0 saturated carbocycles. The van der Waals surface area contributed by atoms with Crippen molar-refractivity contribution in [3.05, 3.63) is 115 Å². The zero-order valence-electron chi connectivity index (χ0n) is 15.7. The minimum atomic E-state index is 0.153. The summed E-state index contributed by atoms with van der Waals surface area (Å²) in [6, 6.07) is 37.8. The summed E-state index contributed by atoms with van der Waals surface area (Å²) < 4.78 is 0. The predicted octanol–water partition coefficient (Wildman–Crippen LogP) is 6.36. The lowest BCUT2D eigenvalue weighted by atomic mass is 10.0. The highest BCUT2D eigenvalue weighted by Gasteiger charge is 2.12. The van der Waals surface area contributed by atoms with E-state index >= 15 is 0 Å². The summed E-state index contributed by atoms with van der Waals surface area (Å²) >= 11 is 0. The maximum atomic E-state index is 9.31. The Balaban J connectivity index is 1.75. The molecule has 0 aliphatic rings. The van der Waals surface area contributed by atoms with Gasteiger partial charge in [-0.15, -0.1) is 0 Å². The maximum Gasteiger partial charge on any atom is 0.0471 e. The van der Waals surface area contributed by atoms with Gasteiger partial charge in [-0.1, -0.05) is 72.8 Å². The van der Waals surface area contributed by atoms with Crippen LogP contribution in [0, 0.1) is 0 Å². The molecule has 0 radical (unpaired) electrons. The lowest BCUT2D eigenvalue weighted by Gasteiger charge is -2.26. The van der Waals surface area contributed by atoms with Crippen molar-refractivity contribution >= 4 is 17.1 Å². The lowest BCUT2D eigenvalue weighted by molar-refractivity contribution is 0.299. The van der Waals surface area contributed by atoms with Gasteiger partial charge in [-0.3, -0.25) is 0 Å². The number of aliphatic hydroxyl groups is 1. The van der Waals surface area contributed by atoms with Gasteiger partial charge in [0.15, 0.2) is 0 Å². The van der Waals surface area contributed by atoms with E-state index in [2.05, 4.69) is 102 Å². The zero-order valence-corrected chi connectivity index (χ0v) is 15.7. The number of para-hydroxylation sites is 1. The Bertz CT molecular complexity index is 1010. The van der Waals surface area contributed by atoms with Crippen molar-refractivity contribution in [3.63, 3.8) is 0 Å². The standard InChI is InChI=1S/C26H23NO/c28-19-18-21-8-7-13-26(20-21)27(24-11-5-2-6-12-24)25-16-14-23(15-17-25)22-9-3-1-4-10-22/h1-17,20,28H,18-19H2. The van der Waals surface area contributed by atoms with Crippen molar-refractivity contribution in [2.24, 2.45) is 0 Å². The number of nitrogens with zero attached hydrogens (tertiary/aromatic N) is 1. The van der Waals surface area contributed by atoms with Crippen LogP contribution in [0.15, 0.2) is 109 Å². The van der Waals surface area contributed by atoms with E-state index in [4.69, 9.17) is 0 Å². The highest BCUT2D eigenvalue weighted by molar-refractivity contribution is 5.78. The molecule has 28 heavy (non-hydrogen) atoms. The van der Waals surface area contributed by atoms with E-state index in [1.165, 1.54) is 11.1 Å². The Labute approximate surface area is 166 Å². The average Bonchev–Trinajstić information content (AvgIpc) is 2.76. The topological polar surface area (TPSA) is 23.5 Å². The third kappa shape index (κ3) is 3.98. The summed E-state index contributed by atoms with van der Waals surface area (Å²) in [5.74, 6) is 0. The number of hydrogen-bond donors (Lipinski definition) is 1. The molecule has 0 spiro atoms. The SMILES string of the molecule is OCCc1cccc(N(c2ccccc2)c2ccc(-c3ccccc3)cc2)c1. The van der Waals surface area contributed by atoms with E-state index in [1.54, 1.807) is 0 Å². The zero-order chi connectivity index (χ0) is 19.2. The van der Waals surface area contributed by atoms with Gasteiger partial charge in [0.25, 0.3) is 0 Å². The number of benzene rings is 4. The summed E-state index contributed by atoms with van der Waals surface area (Å²) in [4.78, 5) is 2.25. The molecule has 0 heterocycles.